The molecule has 3 aromatic rings. The number of hydrogen-bond donors (Lipinski definition) is 2. The van der Waals surface area contributed by atoms with Gasteiger partial charge >= 0.3 is 6.18 Å². The summed E-state index contributed by atoms with van der Waals surface area (Å²) in [5.74, 6) is -0.793. The van der Waals surface area contributed by atoms with Crippen molar-refractivity contribution in [2.45, 2.75) is 19.6 Å². The highest BCUT2D eigenvalue weighted by molar-refractivity contribution is 5.47. The minimum Gasteiger partial charge on any atom is -0.504 e. The van der Waals surface area contributed by atoms with Gasteiger partial charge in [-0.1, -0.05) is 6.07 Å². The molecular weight excluding hydrogens is 339 g/mol. The van der Waals surface area contributed by atoms with Gasteiger partial charge in [0.15, 0.2) is 11.5 Å². The van der Waals surface area contributed by atoms with Crippen LogP contribution in [0, 0.1) is 6.92 Å². The maximum atomic E-state index is 12.8. The number of methoxy groups -OCH3 is 1. The second kappa shape index (κ2) is 6.11. The van der Waals surface area contributed by atoms with E-state index in [2.05, 4.69) is 20.4 Å². The van der Waals surface area contributed by atoms with Crippen LogP contribution >= 0.6 is 0 Å². The molecule has 25 heavy (non-hydrogen) atoms. The second-order valence-electron chi connectivity index (χ2n) is 5.29. The predicted octanol–water partition coefficient (Wildman–Crippen LogP) is 2.78. The van der Waals surface area contributed by atoms with Crippen molar-refractivity contribution in [3.63, 3.8) is 0 Å². The number of anilines is 1. The van der Waals surface area contributed by atoms with Gasteiger partial charge < -0.3 is 15.2 Å². The van der Waals surface area contributed by atoms with Crippen LogP contribution < -0.4 is 10.1 Å². The molecule has 7 nitrogen and oxygen atoms in total. The molecule has 0 radical (unpaired) electrons. The Balaban J connectivity index is 1.90. The summed E-state index contributed by atoms with van der Waals surface area (Å²) in [5.41, 5.74) is 1.20. The number of nitrogens with one attached hydrogen (secondary N) is 1. The van der Waals surface area contributed by atoms with E-state index in [0.29, 0.717) is 22.8 Å². The number of halogens is 3. The van der Waals surface area contributed by atoms with Crippen LogP contribution in [0.15, 0.2) is 24.3 Å². The van der Waals surface area contributed by atoms with E-state index in [1.54, 1.807) is 25.1 Å². The zero-order valence-corrected chi connectivity index (χ0v) is 13.3. The molecule has 0 amide bonds. The average Bonchev–Trinajstić information content (AvgIpc) is 2.97. The smallest absolute Gasteiger partial charge is 0.453 e. The van der Waals surface area contributed by atoms with Crippen LogP contribution in [0.4, 0.5) is 19.0 Å². The van der Waals surface area contributed by atoms with E-state index in [1.165, 1.54) is 13.2 Å². The van der Waals surface area contributed by atoms with Crippen molar-refractivity contribution >= 4 is 11.6 Å². The van der Waals surface area contributed by atoms with Crippen molar-refractivity contribution in [1.29, 1.82) is 0 Å². The molecule has 0 aliphatic rings. The van der Waals surface area contributed by atoms with Crippen LogP contribution in [0.2, 0.25) is 0 Å². The number of aryl methyl sites for hydroxylation is 1. The zero-order valence-electron chi connectivity index (χ0n) is 13.3. The van der Waals surface area contributed by atoms with Crippen molar-refractivity contribution in [2.75, 3.05) is 12.4 Å². The lowest BCUT2D eigenvalue weighted by molar-refractivity contribution is -0.144. The first-order valence-corrected chi connectivity index (χ1v) is 7.19. The largest absolute Gasteiger partial charge is 0.504 e. The number of phenolic OH excluding ortho intramolecular Hbond substituents is 1. The number of phenols is 1. The lowest BCUT2D eigenvalue weighted by Crippen LogP contribution is -2.09. The molecule has 3 rings (SSSR count). The lowest BCUT2D eigenvalue weighted by Gasteiger charge is -2.10. The molecule has 10 heteroatoms. The molecule has 0 saturated heterocycles. The molecular formula is C15H14F3N5O2. The summed E-state index contributed by atoms with van der Waals surface area (Å²) in [6, 6.07) is 6.38. The first-order chi connectivity index (χ1) is 11.8. The Hall–Kier alpha value is -3.04. The number of aromatic nitrogens is 4. The zero-order chi connectivity index (χ0) is 18.2. The quantitative estimate of drug-likeness (QED) is 0.750. The number of fused-ring (bicyclic) bond motifs is 1. The molecule has 2 N–H and O–H groups in total. The Morgan fingerprint density at radius 1 is 1.24 bits per heavy atom. The third-order valence-corrected chi connectivity index (χ3v) is 3.41. The Morgan fingerprint density at radius 3 is 2.64 bits per heavy atom. The molecule has 132 valence electrons. The van der Waals surface area contributed by atoms with Crippen molar-refractivity contribution in [1.82, 2.24) is 19.6 Å². The van der Waals surface area contributed by atoms with Crippen molar-refractivity contribution < 1.29 is 23.0 Å². The number of benzene rings is 1. The summed E-state index contributed by atoms with van der Waals surface area (Å²) in [4.78, 5) is 7.37. The minimum absolute atomic E-state index is 0.0297. The molecule has 0 spiro atoms. The molecule has 0 fully saturated rings. The third-order valence-electron chi connectivity index (χ3n) is 3.41. The van der Waals surface area contributed by atoms with Crippen LogP contribution in [0.1, 0.15) is 17.1 Å². The van der Waals surface area contributed by atoms with Crippen LogP contribution in [-0.2, 0) is 12.7 Å². The number of rotatable bonds is 4. The lowest BCUT2D eigenvalue weighted by atomic mass is 10.2. The minimum atomic E-state index is -4.65. The molecule has 2 heterocycles. The Bertz CT molecular complexity index is 923. The summed E-state index contributed by atoms with van der Waals surface area (Å²) in [6.45, 7) is 1.89. The van der Waals surface area contributed by atoms with E-state index in [4.69, 9.17) is 4.74 Å². The SMILES string of the molecule is COc1ccc(CNc2cc(C)nc3nc(C(F)(F)F)nn23)cc1O. The van der Waals surface area contributed by atoms with Gasteiger partial charge in [-0.15, -0.1) is 5.10 Å². The van der Waals surface area contributed by atoms with Gasteiger partial charge in [0.1, 0.15) is 5.82 Å². The van der Waals surface area contributed by atoms with Crippen molar-refractivity contribution in [2.24, 2.45) is 0 Å². The maximum Gasteiger partial charge on any atom is 0.453 e. The first kappa shape index (κ1) is 16.8. The van der Waals surface area contributed by atoms with Gasteiger partial charge in [0, 0.05) is 18.3 Å². The van der Waals surface area contributed by atoms with Crippen molar-refractivity contribution in [3.8, 4) is 11.5 Å². The van der Waals surface area contributed by atoms with E-state index in [1.807, 2.05) is 0 Å². The Labute approximate surface area is 140 Å². The van der Waals surface area contributed by atoms with Crippen LogP contribution in [0.25, 0.3) is 5.78 Å². The highest BCUT2D eigenvalue weighted by Gasteiger charge is 2.36. The van der Waals surface area contributed by atoms with Gasteiger partial charge in [0.25, 0.3) is 11.6 Å². The van der Waals surface area contributed by atoms with Crippen LogP contribution in [0.3, 0.4) is 0 Å². The van der Waals surface area contributed by atoms with Crippen LogP contribution in [-0.4, -0.2) is 31.8 Å². The number of nitrogens with zero attached hydrogens (tertiary/aromatic N) is 4. The van der Waals surface area contributed by atoms with Gasteiger partial charge in [-0.05, 0) is 24.6 Å². The third kappa shape index (κ3) is 3.42. The van der Waals surface area contributed by atoms with E-state index in [0.717, 1.165) is 4.52 Å². The maximum absolute atomic E-state index is 12.8. The number of ether oxygens (including phenoxy) is 1. The molecule has 0 saturated carbocycles. The molecule has 0 aliphatic heterocycles. The average molecular weight is 353 g/mol. The molecule has 0 bridgehead atoms. The van der Waals surface area contributed by atoms with Gasteiger partial charge in [0.2, 0.25) is 0 Å². The number of hydrogen-bond acceptors (Lipinski definition) is 6. The fraction of sp³-hybridized carbons (Fsp3) is 0.267. The summed E-state index contributed by atoms with van der Waals surface area (Å²) < 4.78 is 44.4. The highest BCUT2D eigenvalue weighted by Crippen LogP contribution is 2.28. The van der Waals surface area contributed by atoms with E-state index in [9.17, 15) is 18.3 Å². The summed E-state index contributed by atoms with van der Waals surface area (Å²) in [5, 5.41) is 16.2. The fourth-order valence-electron chi connectivity index (χ4n) is 2.27. The summed E-state index contributed by atoms with van der Waals surface area (Å²) in [6.07, 6.45) is -4.65. The second-order valence-corrected chi connectivity index (χ2v) is 5.29. The van der Waals surface area contributed by atoms with Crippen LogP contribution in [0.5, 0.6) is 11.5 Å². The fourth-order valence-corrected chi connectivity index (χ4v) is 2.27. The Morgan fingerprint density at radius 2 is 2.00 bits per heavy atom. The monoisotopic (exact) mass is 353 g/mol. The van der Waals surface area contributed by atoms with Gasteiger partial charge in [-0.25, -0.2) is 4.98 Å². The van der Waals surface area contributed by atoms with Gasteiger partial charge in [-0.3, -0.25) is 0 Å². The van der Waals surface area contributed by atoms with E-state index in [-0.39, 0.29) is 18.1 Å². The highest BCUT2D eigenvalue weighted by atomic mass is 19.4. The van der Waals surface area contributed by atoms with Gasteiger partial charge in [-0.2, -0.15) is 22.7 Å². The predicted molar refractivity (Wildman–Crippen MR) is 82.5 cm³/mol. The molecule has 2 aromatic heterocycles. The standard InChI is InChI=1S/C15H14F3N5O2/c1-8-5-12(19-7-9-3-4-11(25-2)10(24)6-9)23-14(20-8)21-13(22-23)15(16,17)18/h3-6,19,24H,7H2,1-2H3. The normalized spacial score (nSPS) is 11.7. The summed E-state index contributed by atoms with van der Waals surface area (Å²) in [7, 11) is 1.44. The van der Waals surface area contributed by atoms with E-state index < -0.39 is 12.0 Å². The van der Waals surface area contributed by atoms with Crippen molar-refractivity contribution in [3.05, 3.63) is 41.3 Å². The molecule has 0 aliphatic carbocycles. The Kier molecular flexibility index (Phi) is 4.11. The first-order valence-electron chi connectivity index (χ1n) is 7.19. The number of alkyl halides is 3. The molecule has 1 aromatic carbocycles. The topological polar surface area (TPSA) is 84.6 Å². The molecule has 0 unspecified atom stereocenters. The number of aromatic hydroxyl groups is 1. The summed E-state index contributed by atoms with van der Waals surface area (Å²) >= 11 is 0. The van der Waals surface area contributed by atoms with Gasteiger partial charge in [0.05, 0.1) is 7.11 Å². The molecule has 0 atom stereocenters. The van der Waals surface area contributed by atoms with E-state index >= 15 is 0 Å².